The molecule has 0 aliphatic carbocycles. The maximum atomic E-state index is 13.2. The van der Waals surface area contributed by atoms with Crippen molar-refractivity contribution in [2.45, 2.75) is 57.7 Å². The average molecular weight is 427 g/mol. The fourth-order valence-electron chi connectivity index (χ4n) is 4.44. The average Bonchev–Trinajstić information content (AvgIpc) is 3.34. The Bertz CT molecular complexity index is 988. The summed E-state index contributed by atoms with van der Waals surface area (Å²) >= 11 is 1.51. The summed E-state index contributed by atoms with van der Waals surface area (Å²) in [7, 11) is 0. The first-order valence-electron chi connectivity index (χ1n) is 10.2. The highest BCUT2D eigenvalue weighted by Crippen LogP contribution is 2.44. The normalized spacial score (nSPS) is 20.9. The van der Waals surface area contributed by atoms with Gasteiger partial charge in [0.1, 0.15) is 10.7 Å². The quantitative estimate of drug-likeness (QED) is 0.769. The van der Waals surface area contributed by atoms with E-state index in [2.05, 4.69) is 10.3 Å². The first-order valence-corrected chi connectivity index (χ1v) is 11.1. The molecule has 1 aromatic heterocycles. The van der Waals surface area contributed by atoms with Gasteiger partial charge in [-0.1, -0.05) is 12.1 Å². The Morgan fingerprint density at radius 3 is 2.80 bits per heavy atom. The van der Waals surface area contributed by atoms with Crippen LogP contribution in [0.4, 0.5) is 5.69 Å². The number of aromatic nitrogens is 1. The predicted octanol–water partition coefficient (Wildman–Crippen LogP) is 3.27. The molecule has 1 N–H and O–H groups in total. The van der Waals surface area contributed by atoms with Crippen LogP contribution < -0.4 is 10.2 Å². The summed E-state index contributed by atoms with van der Waals surface area (Å²) in [5.74, 6) is -0.127. The molecular weight excluding hydrogens is 400 g/mol. The second-order valence-corrected chi connectivity index (χ2v) is 9.43. The molecule has 1 atom stereocenters. The minimum absolute atomic E-state index is 0.0328. The van der Waals surface area contributed by atoms with Crippen molar-refractivity contribution in [2.24, 2.45) is 0 Å². The highest BCUT2D eigenvalue weighted by atomic mass is 32.1. The van der Waals surface area contributed by atoms with Crippen LogP contribution in [0.15, 0.2) is 35.8 Å². The third kappa shape index (κ3) is 3.39. The van der Waals surface area contributed by atoms with E-state index < -0.39 is 11.2 Å². The second-order valence-electron chi connectivity index (χ2n) is 8.53. The van der Waals surface area contributed by atoms with E-state index in [1.54, 1.807) is 22.1 Å². The lowest BCUT2D eigenvalue weighted by molar-refractivity contribution is -0.123. The topological polar surface area (TPSA) is 82.6 Å². The molecule has 8 heteroatoms. The Kier molecular flexibility index (Phi) is 5.13. The maximum absolute atomic E-state index is 13.2. The Hall–Kier alpha value is -2.74. The van der Waals surface area contributed by atoms with Crippen LogP contribution >= 0.6 is 11.3 Å². The summed E-state index contributed by atoms with van der Waals surface area (Å²) in [6, 6.07) is 7.26. The molecule has 2 aliphatic heterocycles. The minimum atomic E-state index is -0.681. The summed E-state index contributed by atoms with van der Waals surface area (Å²) in [4.78, 5) is 46.2. The third-order valence-electron chi connectivity index (χ3n) is 5.95. The molecule has 0 spiro atoms. The van der Waals surface area contributed by atoms with E-state index in [0.717, 1.165) is 5.01 Å². The lowest BCUT2D eigenvalue weighted by Crippen LogP contribution is -2.62. The van der Waals surface area contributed by atoms with Gasteiger partial charge in [0.25, 0.3) is 5.91 Å². The van der Waals surface area contributed by atoms with Crippen molar-refractivity contribution in [3.05, 3.63) is 46.4 Å². The zero-order valence-electron chi connectivity index (χ0n) is 17.5. The first-order chi connectivity index (χ1) is 14.2. The van der Waals surface area contributed by atoms with Crippen LogP contribution in [-0.2, 0) is 15.1 Å². The number of nitrogens with one attached hydrogen (secondary N) is 1. The zero-order chi connectivity index (χ0) is 21.5. The number of thiazole rings is 1. The van der Waals surface area contributed by atoms with Crippen LogP contribution in [0.3, 0.4) is 0 Å². The number of hydrogen-bond donors (Lipinski definition) is 1. The highest BCUT2D eigenvalue weighted by Gasteiger charge is 2.52. The molecule has 0 radical (unpaired) electrons. The van der Waals surface area contributed by atoms with E-state index in [0.29, 0.717) is 43.5 Å². The van der Waals surface area contributed by atoms with E-state index in [9.17, 15) is 14.4 Å². The van der Waals surface area contributed by atoms with Crippen LogP contribution in [0.5, 0.6) is 0 Å². The second kappa shape index (κ2) is 7.50. The molecule has 2 aliphatic rings. The molecule has 1 unspecified atom stereocenters. The Morgan fingerprint density at radius 2 is 2.07 bits per heavy atom. The van der Waals surface area contributed by atoms with E-state index in [4.69, 9.17) is 0 Å². The van der Waals surface area contributed by atoms with Gasteiger partial charge in [-0.3, -0.25) is 19.3 Å². The van der Waals surface area contributed by atoms with Crippen LogP contribution in [0.25, 0.3) is 0 Å². The number of nitrogens with zero attached hydrogens (tertiary/aromatic N) is 3. The largest absolute Gasteiger partial charge is 0.345 e. The lowest BCUT2D eigenvalue weighted by atomic mass is 9.97. The Morgan fingerprint density at radius 1 is 1.30 bits per heavy atom. The monoisotopic (exact) mass is 426 g/mol. The van der Waals surface area contributed by atoms with Crippen molar-refractivity contribution in [1.29, 1.82) is 0 Å². The number of amides is 3. The van der Waals surface area contributed by atoms with Crippen LogP contribution in [0, 0.1) is 0 Å². The molecule has 1 saturated heterocycles. The van der Waals surface area contributed by atoms with Crippen molar-refractivity contribution >= 4 is 34.7 Å². The lowest BCUT2D eigenvalue weighted by Gasteiger charge is -2.48. The standard InChI is InChI=1S/C22H26N4O3S/c1-21(2,20-23-12-14-30-20)24-17(27)9-6-13-25-19(29)15-7-4-5-8-16(15)26-18(28)10-11-22(25,26)3/h4-5,7-8,12,14H,6,9-11,13H2,1-3H3,(H,24,27). The minimum Gasteiger partial charge on any atom is -0.345 e. The molecule has 0 saturated carbocycles. The van der Waals surface area contributed by atoms with E-state index in [-0.39, 0.29) is 17.7 Å². The number of hydrogen-bond acceptors (Lipinski definition) is 5. The van der Waals surface area contributed by atoms with Gasteiger partial charge in [0.05, 0.1) is 16.8 Å². The van der Waals surface area contributed by atoms with Gasteiger partial charge in [0, 0.05) is 31.0 Å². The summed E-state index contributed by atoms with van der Waals surface area (Å²) in [6.07, 6.45) is 3.55. The van der Waals surface area contributed by atoms with Crippen molar-refractivity contribution in [3.63, 3.8) is 0 Å². The first kappa shape index (κ1) is 20.5. The van der Waals surface area contributed by atoms with Gasteiger partial charge >= 0.3 is 0 Å². The molecular formula is C22H26N4O3S. The zero-order valence-corrected chi connectivity index (χ0v) is 18.3. The van der Waals surface area contributed by atoms with Gasteiger partial charge in [-0.15, -0.1) is 11.3 Å². The molecule has 30 heavy (non-hydrogen) atoms. The molecule has 3 amide bonds. The third-order valence-corrected chi connectivity index (χ3v) is 7.05. The number of fused-ring (bicyclic) bond motifs is 3. The van der Waals surface area contributed by atoms with Gasteiger partial charge in [0.2, 0.25) is 11.8 Å². The molecule has 1 fully saturated rings. The fourth-order valence-corrected chi connectivity index (χ4v) is 5.15. The smallest absolute Gasteiger partial charge is 0.257 e. The number of benzene rings is 1. The summed E-state index contributed by atoms with van der Waals surface area (Å²) in [6.45, 7) is 6.21. The molecule has 3 heterocycles. The van der Waals surface area contributed by atoms with Crippen molar-refractivity contribution in [2.75, 3.05) is 11.4 Å². The van der Waals surface area contributed by atoms with Gasteiger partial charge in [0.15, 0.2) is 0 Å². The van der Waals surface area contributed by atoms with Gasteiger partial charge < -0.3 is 10.2 Å². The molecule has 1 aromatic carbocycles. The van der Waals surface area contributed by atoms with E-state index in [1.807, 2.05) is 44.4 Å². The summed E-state index contributed by atoms with van der Waals surface area (Å²) < 4.78 is 0. The van der Waals surface area contributed by atoms with Crippen molar-refractivity contribution in [3.8, 4) is 0 Å². The Labute approximate surface area is 180 Å². The van der Waals surface area contributed by atoms with Crippen LogP contribution in [0.1, 0.15) is 61.8 Å². The van der Waals surface area contributed by atoms with Gasteiger partial charge in [-0.25, -0.2) is 4.98 Å². The number of carbonyl (C=O) groups excluding carboxylic acids is 3. The molecule has 7 nitrogen and oxygen atoms in total. The Balaban J connectivity index is 1.45. The molecule has 158 valence electrons. The number of anilines is 1. The summed E-state index contributed by atoms with van der Waals surface area (Å²) in [5, 5.41) is 5.77. The maximum Gasteiger partial charge on any atom is 0.257 e. The van der Waals surface area contributed by atoms with Crippen LogP contribution in [-0.4, -0.2) is 39.8 Å². The SMILES string of the molecule is CC(C)(NC(=O)CCCN1C(=O)c2ccccc2N2C(=O)CCC12C)c1nccs1. The van der Waals surface area contributed by atoms with E-state index in [1.165, 1.54) is 11.3 Å². The van der Waals surface area contributed by atoms with Crippen LogP contribution in [0.2, 0.25) is 0 Å². The van der Waals surface area contributed by atoms with Gasteiger partial charge in [-0.05, 0) is 45.7 Å². The summed E-state index contributed by atoms with van der Waals surface area (Å²) in [5.41, 5.74) is 0.0107. The van der Waals surface area contributed by atoms with Crippen molar-refractivity contribution < 1.29 is 14.4 Å². The predicted molar refractivity (Wildman–Crippen MR) is 115 cm³/mol. The highest BCUT2D eigenvalue weighted by molar-refractivity contribution is 7.09. The number of rotatable bonds is 6. The van der Waals surface area contributed by atoms with Gasteiger partial charge in [-0.2, -0.15) is 0 Å². The number of para-hydroxylation sites is 1. The molecule has 2 aromatic rings. The van der Waals surface area contributed by atoms with E-state index >= 15 is 0 Å². The fraction of sp³-hybridized carbons (Fsp3) is 0.455. The van der Waals surface area contributed by atoms with Crippen molar-refractivity contribution in [1.82, 2.24) is 15.2 Å². The molecule has 0 bridgehead atoms. The number of carbonyl (C=O) groups is 3. The molecule has 4 rings (SSSR count).